The molecule has 0 atom stereocenters. The Morgan fingerprint density at radius 2 is 1.86 bits per heavy atom. The minimum Gasteiger partial charge on any atom is -0.398 e. The van der Waals surface area contributed by atoms with Gasteiger partial charge in [-0.3, -0.25) is 0 Å². The molecule has 21 heavy (non-hydrogen) atoms. The molecule has 0 heterocycles. The molecule has 0 aliphatic rings. The lowest BCUT2D eigenvalue weighted by atomic mass is 10.1. The number of carbonyl (C=O) groups is 1. The minimum atomic E-state index is -0.615. The molecule has 5 nitrogen and oxygen atoms in total. The molecule has 0 aliphatic heterocycles. The van der Waals surface area contributed by atoms with E-state index in [-0.39, 0.29) is 5.84 Å². The standard InChI is InChI=1S/C15H14ClN3O2/c1-9-12(3-2-4-13(9)17)14(18)19-21-15(20)10-5-7-11(16)8-6-10/h2-8H,17H2,1H3,(H2,18,19). The van der Waals surface area contributed by atoms with E-state index in [1.165, 1.54) is 0 Å². The topological polar surface area (TPSA) is 90.7 Å². The zero-order valence-corrected chi connectivity index (χ0v) is 12.1. The van der Waals surface area contributed by atoms with Gasteiger partial charge in [-0.25, -0.2) is 4.79 Å². The Labute approximate surface area is 127 Å². The van der Waals surface area contributed by atoms with E-state index in [1.54, 1.807) is 42.5 Å². The fraction of sp³-hybridized carbons (Fsp3) is 0.0667. The van der Waals surface area contributed by atoms with Gasteiger partial charge in [0.05, 0.1) is 5.56 Å². The van der Waals surface area contributed by atoms with Gasteiger partial charge in [0.15, 0.2) is 5.84 Å². The number of nitrogen functional groups attached to an aromatic ring is 1. The largest absolute Gasteiger partial charge is 0.398 e. The molecule has 0 spiro atoms. The molecule has 108 valence electrons. The highest BCUT2D eigenvalue weighted by Crippen LogP contribution is 2.15. The Kier molecular flexibility index (Phi) is 4.45. The number of carbonyl (C=O) groups excluding carboxylic acids is 1. The van der Waals surface area contributed by atoms with Crippen molar-refractivity contribution < 1.29 is 9.63 Å². The van der Waals surface area contributed by atoms with Crippen LogP contribution in [0.5, 0.6) is 0 Å². The molecule has 0 bridgehead atoms. The Morgan fingerprint density at radius 1 is 1.19 bits per heavy atom. The van der Waals surface area contributed by atoms with E-state index in [2.05, 4.69) is 5.16 Å². The molecule has 0 fully saturated rings. The van der Waals surface area contributed by atoms with Gasteiger partial charge in [0.1, 0.15) is 0 Å². The molecule has 0 aliphatic carbocycles. The SMILES string of the molecule is Cc1c(N)cccc1/C(N)=N/OC(=O)c1ccc(Cl)cc1. The van der Waals surface area contributed by atoms with Gasteiger partial charge < -0.3 is 16.3 Å². The lowest BCUT2D eigenvalue weighted by Crippen LogP contribution is -2.17. The van der Waals surface area contributed by atoms with E-state index >= 15 is 0 Å². The van der Waals surface area contributed by atoms with Crippen LogP contribution < -0.4 is 11.5 Å². The fourth-order valence-electron chi connectivity index (χ4n) is 1.71. The molecule has 0 saturated carbocycles. The Bertz CT molecular complexity index is 697. The van der Waals surface area contributed by atoms with Crippen LogP contribution in [0.1, 0.15) is 21.5 Å². The Morgan fingerprint density at radius 3 is 2.52 bits per heavy atom. The summed E-state index contributed by atoms with van der Waals surface area (Å²) < 4.78 is 0. The number of halogens is 1. The van der Waals surface area contributed by atoms with E-state index in [1.807, 2.05) is 6.92 Å². The van der Waals surface area contributed by atoms with Gasteiger partial charge in [-0.15, -0.1) is 0 Å². The molecular weight excluding hydrogens is 290 g/mol. The van der Waals surface area contributed by atoms with Crippen LogP contribution >= 0.6 is 11.6 Å². The van der Waals surface area contributed by atoms with Crippen LogP contribution in [0.15, 0.2) is 47.6 Å². The lowest BCUT2D eigenvalue weighted by molar-refractivity contribution is 0.0516. The Balaban J connectivity index is 2.15. The van der Waals surface area contributed by atoms with Crippen molar-refractivity contribution in [3.63, 3.8) is 0 Å². The van der Waals surface area contributed by atoms with Gasteiger partial charge in [0, 0.05) is 16.3 Å². The molecule has 0 unspecified atom stereocenters. The summed E-state index contributed by atoms with van der Waals surface area (Å²) in [5, 5.41) is 4.18. The third kappa shape index (κ3) is 3.52. The number of hydrogen-bond donors (Lipinski definition) is 2. The Hall–Kier alpha value is -2.53. The minimum absolute atomic E-state index is 0.0853. The lowest BCUT2D eigenvalue weighted by Gasteiger charge is -2.07. The summed E-state index contributed by atoms with van der Waals surface area (Å²) in [6.07, 6.45) is 0. The summed E-state index contributed by atoms with van der Waals surface area (Å²) >= 11 is 5.74. The highest BCUT2D eigenvalue weighted by Gasteiger charge is 2.09. The molecule has 0 radical (unpaired) electrons. The van der Waals surface area contributed by atoms with Gasteiger partial charge in [0.2, 0.25) is 0 Å². The summed E-state index contributed by atoms with van der Waals surface area (Å²) in [6.45, 7) is 1.81. The van der Waals surface area contributed by atoms with Crippen molar-refractivity contribution in [1.29, 1.82) is 0 Å². The number of nitrogens with two attached hydrogens (primary N) is 2. The number of oxime groups is 1. The maximum Gasteiger partial charge on any atom is 0.365 e. The van der Waals surface area contributed by atoms with E-state index in [4.69, 9.17) is 27.9 Å². The average Bonchev–Trinajstić information content (AvgIpc) is 2.48. The normalized spacial score (nSPS) is 11.2. The van der Waals surface area contributed by atoms with Crippen LogP contribution in [0.2, 0.25) is 5.02 Å². The van der Waals surface area contributed by atoms with Crippen molar-refractivity contribution >= 4 is 29.1 Å². The van der Waals surface area contributed by atoms with Crippen molar-refractivity contribution in [1.82, 2.24) is 0 Å². The highest BCUT2D eigenvalue weighted by molar-refractivity contribution is 6.30. The first-order valence-corrected chi connectivity index (χ1v) is 6.52. The summed E-state index contributed by atoms with van der Waals surface area (Å²) in [4.78, 5) is 16.6. The quantitative estimate of drug-likeness (QED) is 0.300. The summed E-state index contributed by atoms with van der Waals surface area (Å²) in [6, 6.07) is 11.5. The van der Waals surface area contributed by atoms with Crippen molar-refractivity contribution in [2.24, 2.45) is 10.9 Å². The molecule has 2 rings (SSSR count). The van der Waals surface area contributed by atoms with Crippen molar-refractivity contribution in [2.45, 2.75) is 6.92 Å². The van der Waals surface area contributed by atoms with Crippen LogP contribution in [0.3, 0.4) is 0 Å². The van der Waals surface area contributed by atoms with Crippen molar-refractivity contribution in [3.8, 4) is 0 Å². The number of hydrogen-bond acceptors (Lipinski definition) is 4. The van der Waals surface area contributed by atoms with Crippen LogP contribution in [-0.2, 0) is 4.84 Å². The average molecular weight is 304 g/mol. The first kappa shape index (κ1) is 14.9. The number of anilines is 1. The number of rotatable bonds is 3. The highest BCUT2D eigenvalue weighted by atomic mass is 35.5. The monoisotopic (exact) mass is 303 g/mol. The van der Waals surface area contributed by atoms with Crippen LogP contribution in [0.4, 0.5) is 5.69 Å². The fourth-order valence-corrected chi connectivity index (χ4v) is 1.84. The number of amidine groups is 1. The first-order chi connectivity index (χ1) is 9.99. The summed E-state index contributed by atoms with van der Waals surface area (Å²) in [5.74, 6) is -0.529. The molecule has 0 saturated heterocycles. The van der Waals surface area contributed by atoms with Crippen LogP contribution in [0.25, 0.3) is 0 Å². The van der Waals surface area contributed by atoms with Gasteiger partial charge in [0.25, 0.3) is 0 Å². The van der Waals surface area contributed by atoms with E-state index in [0.717, 1.165) is 5.56 Å². The molecule has 0 aromatic heterocycles. The number of benzene rings is 2. The predicted octanol–water partition coefficient (Wildman–Crippen LogP) is 2.71. The van der Waals surface area contributed by atoms with Gasteiger partial charge >= 0.3 is 5.97 Å². The van der Waals surface area contributed by atoms with Gasteiger partial charge in [-0.1, -0.05) is 28.9 Å². The van der Waals surface area contributed by atoms with Crippen molar-refractivity contribution in [2.75, 3.05) is 5.73 Å². The summed E-state index contributed by atoms with van der Waals surface area (Å²) in [7, 11) is 0. The predicted molar refractivity (Wildman–Crippen MR) is 83.2 cm³/mol. The molecule has 2 aromatic carbocycles. The second-order valence-corrected chi connectivity index (χ2v) is 4.82. The molecule has 6 heteroatoms. The van der Waals surface area contributed by atoms with Gasteiger partial charge in [-0.05, 0) is 42.8 Å². The van der Waals surface area contributed by atoms with E-state index < -0.39 is 5.97 Å². The van der Waals surface area contributed by atoms with E-state index in [9.17, 15) is 4.79 Å². The smallest absolute Gasteiger partial charge is 0.365 e. The third-order valence-corrected chi connectivity index (χ3v) is 3.21. The molecular formula is C15H14ClN3O2. The third-order valence-electron chi connectivity index (χ3n) is 2.96. The summed E-state index contributed by atoms with van der Waals surface area (Å²) in [5.41, 5.74) is 13.9. The molecule has 4 N–H and O–H groups in total. The zero-order valence-electron chi connectivity index (χ0n) is 11.3. The van der Waals surface area contributed by atoms with Gasteiger partial charge in [-0.2, -0.15) is 0 Å². The molecule has 0 amide bonds. The number of nitrogens with zero attached hydrogens (tertiary/aromatic N) is 1. The van der Waals surface area contributed by atoms with E-state index in [0.29, 0.717) is 21.8 Å². The second kappa shape index (κ2) is 6.28. The maximum absolute atomic E-state index is 11.8. The molecule has 2 aromatic rings. The zero-order chi connectivity index (χ0) is 15.4. The first-order valence-electron chi connectivity index (χ1n) is 6.15. The van der Waals surface area contributed by atoms with Crippen molar-refractivity contribution in [3.05, 3.63) is 64.2 Å². The van der Waals surface area contributed by atoms with Crippen LogP contribution in [0, 0.1) is 6.92 Å². The second-order valence-electron chi connectivity index (χ2n) is 4.38. The maximum atomic E-state index is 11.8. The van der Waals surface area contributed by atoms with Crippen LogP contribution in [-0.4, -0.2) is 11.8 Å².